The summed E-state index contributed by atoms with van der Waals surface area (Å²) in [6, 6.07) is 4.50. The Hall–Kier alpha value is -2.57. The molecule has 7 heteroatoms. The molecule has 0 unspecified atom stereocenters. The van der Waals surface area contributed by atoms with Crippen LogP contribution in [0.2, 0.25) is 0 Å². The van der Waals surface area contributed by atoms with E-state index in [-0.39, 0.29) is 11.8 Å². The van der Waals surface area contributed by atoms with Crippen molar-refractivity contribution in [2.75, 3.05) is 26.8 Å². The Morgan fingerprint density at radius 3 is 2.88 bits per heavy atom. The number of carbonyl (C=O) groups excluding carboxylic acids is 1. The van der Waals surface area contributed by atoms with E-state index in [4.69, 9.17) is 9.47 Å². The Labute approximate surface area is 141 Å². The number of nitro groups is 1. The number of carbonyl (C=O) groups is 1. The number of ether oxygens (including phenoxy) is 2. The van der Waals surface area contributed by atoms with Crippen LogP contribution in [-0.2, 0) is 4.74 Å². The fourth-order valence-electron chi connectivity index (χ4n) is 2.55. The lowest BCUT2D eigenvalue weighted by atomic mass is 10.00. The summed E-state index contributed by atoms with van der Waals surface area (Å²) in [5, 5.41) is 10.9. The van der Waals surface area contributed by atoms with E-state index >= 15 is 0 Å². The lowest BCUT2D eigenvalue weighted by Gasteiger charge is -2.27. The molecule has 1 heterocycles. The van der Waals surface area contributed by atoms with Crippen LogP contribution in [0.5, 0.6) is 5.75 Å². The van der Waals surface area contributed by atoms with Gasteiger partial charge in [0.05, 0.1) is 24.7 Å². The second kappa shape index (κ2) is 8.33. The Kier molecular flexibility index (Phi) is 6.17. The van der Waals surface area contributed by atoms with E-state index in [1.165, 1.54) is 19.2 Å². The molecule has 0 aromatic heterocycles. The van der Waals surface area contributed by atoms with Crippen LogP contribution >= 0.6 is 0 Å². The summed E-state index contributed by atoms with van der Waals surface area (Å²) in [5.41, 5.74) is 1.64. The molecular weight excluding hydrogens is 312 g/mol. The minimum absolute atomic E-state index is 0.0251. The number of methoxy groups -OCH3 is 1. The van der Waals surface area contributed by atoms with Crippen LogP contribution < -0.4 is 4.74 Å². The first-order valence-corrected chi connectivity index (χ1v) is 8.00. The molecular formula is C17H22N2O5. The molecule has 0 saturated carbocycles. The van der Waals surface area contributed by atoms with Crippen molar-refractivity contribution in [2.24, 2.45) is 0 Å². The van der Waals surface area contributed by atoms with Crippen LogP contribution in [0.3, 0.4) is 0 Å². The van der Waals surface area contributed by atoms with Gasteiger partial charge in [-0.15, -0.1) is 0 Å². The molecule has 1 aliphatic heterocycles. The Morgan fingerprint density at radius 1 is 1.42 bits per heavy atom. The monoisotopic (exact) mass is 334 g/mol. The van der Waals surface area contributed by atoms with E-state index in [2.05, 4.69) is 0 Å². The van der Waals surface area contributed by atoms with Crippen LogP contribution in [0.15, 0.2) is 24.3 Å². The Morgan fingerprint density at radius 2 is 2.21 bits per heavy atom. The average molecular weight is 334 g/mol. The molecule has 0 spiro atoms. The van der Waals surface area contributed by atoms with Gasteiger partial charge in [-0.25, -0.2) is 4.79 Å². The third kappa shape index (κ3) is 4.24. The molecule has 0 N–H and O–H groups in total. The summed E-state index contributed by atoms with van der Waals surface area (Å²) in [6.45, 7) is 3.46. The molecule has 0 bridgehead atoms. The van der Waals surface area contributed by atoms with Crippen LogP contribution in [0, 0.1) is 10.1 Å². The molecule has 0 radical (unpaired) electrons. The van der Waals surface area contributed by atoms with Gasteiger partial charge in [-0.3, -0.25) is 10.1 Å². The van der Waals surface area contributed by atoms with Gasteiger partial charge in [-0.1, -0.05) is 19.4 Å². The zero-order chi connectivity index (χ0) is 17.5. The summed E-state index contributed by atoms with van der Waals surface area (Å²) in [6.07, 6.45) is 4.23. The highest BCUT2D eigenvalue weighted by Gasteiger charge is 2.22. The maximum Gasteiger partial charge on any atom is 0.410 e. The molecule has 1 amide bonds. The SMILES string of the molecule is CCCCOC(=O)N1CCC=C(c2ccc([N+](=O)[O-])cc2OC)C1. The van der Waals surface area contributed by atoms with Crippen molar-refractivity contribution in [1.82, 2.24) is 4.90 Å². The van der Waals surface area contributed by atoms with Crippen molar-refractivity contribution in [1.29, 1.82) is 0 Å². The first kappa shape index (κ1) is 17.8. The predicted octanol–water partition coefficient (Wildman–Crippen LogP) is 3.63. The third-order valence-electron chi connectivity index (χ3n) is 3.87. The van der Waals surface area contributed by atoms with Crippen molar-refractivity contribution < 1.29 is 19.2 Å². The molecule has 0 saturated heterocycles. The minimum atomic E-state index is -0.459. The smallest absolute Gasteiger partial charge is 0.410 e. The topological polar surface area (TPSA) is 81.9 Å². The molecule has 0 fully saturated rings. The fourth-order valence-corrected chi connectivity index (χ4v) is 2.55. The average Bonchev–Trinajstić information content (AvgIpc) is 2.61. The number of hydrogen-bond donors (Lipinski definition) is 0. The highest BCUT2D eigenvalue weighted by atomic mass is 16.6. The number of amides is 1. The molecule has 0 aliphatic carbocycles. The Balaban J connectivity index is 2.13. The molecule has 1 aliphatic rings. The Bertz CT molecular complexity index is 642. The van der Waals surface area contributed by atoms with Crippen LogP contribution in [0.4, 0.5) is 10.5 Å². The van der Waals surface area contributed by atoms with Gasteiger partial charge in [0.25, 0.3) is 5.69 Å². The van der Waals surface area contributed by atoms with Crippen molar-refractivity contribution in [3.05, 3.63) is 40.0 Å². The van der Waals surface area contributed by atoms with Gasteiger partial charge in [0.2, 0.25) is 0 Å². The summed E-state index contributed by atoms with van der Waals surface area (Å²) in [5.74, 6) is 0.427. The van der Waals surface area contributed by atoms with Crippen molar-refractivity contribution in [3.8, 4) is 5.75 Å². The number of rotatable bonds is 6. The molecule has 2 rings (SSSR count). The summed E-state index contributed by atoms with van der Waals surface area (Å²) < 4.78 is 10.5. The molecule has 1 aromatic rings. The number of unbranched alkanes of at least 4 members (excludes halogenated alkanes) is 1. The summed E-state index contributed by atoms with van der Waals surface area (Å²) in [7, 11) is 1.47. The number of benzene rings is 1. The second-order valence-electron chi connectivity index (χ2n) is 5.55. The van der Waals surface area contributed by atoms with Crippen molar-refractivity contribution in [3.63, 3.8) is 0 Å². The first-order valence-electron chi connectivity index (χ1n) is 8.00. The molecule has 24 heavy (non-hydrogen) atoms. The standard InChI is InChI=1S/C17H22N2O5/c1-3-4-10-24-17(20)18-9-5-6-13(12-18)15-8-7-14(19(21)22)11-16(15)23-2/h6-8,11H,3-5,9-10,12H2,1-2H3. The normalized spacial score (nSPS) is 14.1. The van der Waals surface area contributed by atoms with Crippen LogP contribution in [0.25, 0.3) is 5.57 Å². The van der Waals surface area contributed by atoms with Gasteiger partial charge < -0.3 is 14.4 Å². The van der Waals surface area contributed by atoms with E-state index in [9.17, 15) is 14.9 Å². The van der Waals surface area contributed by atoms with Gasteiger partial charge in [-0.2, -0.15) is 0 Å². The maximum absolute atomic E-state index is 12.1. The van der Waals surface area contributed by atoms with E-state index in [0.717, 1.165) is 24.0 Å². The molecule has 0 atom stereocenters. The fraction of sp³-hybridized carbons (Fsp3) is 0.471. The van der Waals surface area contributed by atoms with Crippen molar-refractivity contribution >= 4 is 17.4 Å². The van der Waals surface area contributed by atoms with E-state index < -0.39 is 4.92 Å². The van der Waals surface area contributed by atoms with Gasteiger partial charge in [-0.05, 0) is 24.5 Å². The van der Waals surface area contributed by atoms with E-state index in [0.29, 0.717) is 31.9 Å². The first-order chi connectivity index (χ1) is 11.6. The maximum atomic E-state index is 12.1. The van der Waals surface area contributed by atoms with E-state index in [1.54, 1.807) is 11.0 Å². The largest absolute Gasteiger partial charge is 0.496 e. The zero-order valence-corrected chi connectivity index (χ0v) is 14.0. The van der Waals surface area contributed by atoms with Crippen LogP contribution in [0.1, 0.15) is 31.7 Å². The van der Waals surface area contributed by atoms with Gasteiger partial charge in [0.1, 0.15) is 5.75 Å². The molecule has 1 aromatic carbocycles. The number of non-ortho nitro benzene ring substituents is 1. The van der Waals surface area contributed by atoms with Gasteiger partial charge in [0.15, 0.2) is 0 Å². The quantitative estimate of drug-likeness (QED) is 0.451. The van der Waals surface area contributed by atoms with E-state index in [1.807, 2.05) is 13.0 Å². The summed E-state index contributed by atoms with van der Waals surface area (Å²) >= 11 is 0. The third-order valence-corrected chi connectivity index (χ3v) is 3.87. The zero-order valence-electron chi connectivity index (χ0n) is 14.0. The van der Waals surface area contributed by atoms with Gasteiger partial charge >= 0.3 is 6.09 Å². The lowest BCUT2D eigenvalue weighted by Crippen LogP contribution is -2.36. The highest BCUT2D eigenvalue weighted by Crippen LogP contribution is 2.32. The van der Waals surface area contributed by atoms with Crippen LogP contribution in [-0.4, -0.2) is 42.7 Å². The lowest BCUT2D eigenvalue weighted by molar-refractivity contribution is -0.384. The second-order valence-corrected chi connectivity index (χ2v) is 5.55. The minimum Gasteiger partial charge on any atom is -0.496 e. The van der Waals surface area contributed by atoms with Crippen molar-refractivity contribution in [2.45, 2.75) is 26.2 Å². The predicted molar refractivity (Wildman–Crippen MR) is 90.1 cm³/mol. The number of nitro benzene ring substituents is 1. The molecule has 130 valence electrons. The molecule has 7 nitrogen and oxygen atoms in total. The van der Waals surface area contributed by atoms with Gasteiger partial charge in [0, 0.05) is 24.7 Å². The highest BCUT2D eigenvalue weighted by molar-refractivity contribution is 5.78. The summed E-state index contributed by atoms with van der Waals surface area (Å²) in [4.78, 5) is 24.2. The number of nitrogens with zero attached hydrogens (tertiary/aromatic N) is 2. The number of hydrogen-bond acceptors (Lipinski definition) is 5.